The van der Waals surface area contributed by atoms with Gasteiger partial charge in [-0.15, -0.1) is 0 Å². The van der Waals surface area contributed by atoms with Gasteiger partial charge in [0.25, 0.3) is 5.91 Å². The van der Waals surface area contributed by atoms with Crippen LogP contribution in [-0.2, 0) is 0 Å². The van der Waals surface area contributed by atoms with Crippen LogP contribution < -0.4 is 10.6 Å². The lowest BCUT2D eigenvalue weighted by Crippen LogP contribution is -2.45. The molecule has 0 radical (unpaired) electrons. The summed E-state index contributed by atoms with van der Waals surface area (Å²) in [5, 5.41) is 5.46. The van der Waals surface area contributed by atoms with Gasteiger partial charge in [0, 0.05) is 12.6 Å². The lowest BCUT2D eigenvalue weighted by molar-refractivity contribution is 0.0926. The summed E-state index contributed by atoms with van der Waals surface area (Å²) in [5.74, 6) is -2.23. The number of carbonyl (C=O) groups excluding carboxylic acids is 1. The van der Waals surface area contributed by atoms with Crippen molar-refractivity contribution in [3.63, 3.8) is 0 Å². The van der Waals surface area contributed by atoms with E-state index in [1.165, 1.54) is 0 Å². The maximum atomic E-state index is 13.5. The Labute approximate surface area is 109 Å². The molecule has 98 valence electrons. The highest BCUT2D eigenvalue weighted by molar-refractivity contribution is 6.30. The molecular weight excluding hydrogens is 262 g/mol. The van der Waals surface area contributed by atoms with Crippen LogP contribution in [0.5, 0.6) is 0 Å². The van der Waals surface area contributed by atoms with Gasteiger partial charge in [0.2, 0.25) is 0 Å². The van der Waals surface area contributed by atoms with E-state index in [1.54, 1.807) is 0 Å². The number of benzene rings is 1. The molecule has 2 N–H and O–H groups in total. The summed E-state index contributed by atoms with van der Waals surface area (Å²) < 4.78 is 26.7. The summed E-state index contributed by atoms with van der Waals surface area (Å²) in [6, 6.07) is 1.58. The molecular formula is C12H13ClF2N2O. The second-order valence-corrected chi connectivity index (χ2v) is 4.67. The first-order chi connectivity index (χ1) is 8.58. The summed E-state index contributed by atoms with van der Waals surface area (Å²) in [7, 11) is 0. The van der Waals surface area contributed by atoms with Crippen molar-refractivity contribution in [1.82, 2.24) is 10.6 Å². The molecule has 0 spiro atoms. The summed E-state index contributed by atoms with van der Waals surface area (Å²) in [5.41, 5.74) is -0.317. The predicted octanol–water partition coefficient (Wildman–Crippen LogP) is 2.10. The predicted molar refractivity (Wildman–Crippen MR) is 64.7 cm³/mol. The first kappa shape index (κ1) is 13.2. The van der Waals surface area contributed by atoms with Crippen LogP contribution in [0.3, 0.4) is 0 Å². The largest absolute Gasteiger partial charge is 0.348 e. The third-order valence-electron chi connectivity index (χ3n) is 2.89. The Morgan fingerprint density at radius 3 is 2.83 bits per heavy atom. The molecule has 1 saturated heterocycles. The molecule has 1 heterocycles. The zero-order chi connectivity index (χ0) is 13.1. The van der Waals surface area contributed by atoms with Crippen LogP contribution in [0.1, 0.15) is 23.2 Å². The molecule has 1 aliphatic heterocycles. The van der Waals surface area contributed by atoms with E-state index in [4.69, 9.17) is 11.6 Å². The van der Waals surface area contributed by atoms with Gasteiger partial charge in [0.15, 0.2) is 0 Å². The maximum Gasteiger partial charge on any atom is 0.254 e. The summed E-state index contributed by atoms with van der Waals surface area (Å²) in [6.45, 7) is 1.56. The molecule has 0 unspecified atom stereocenters. The smallest absolute Gasteiger partial charge is 0.254 e. The molecule has 1 aromatic carbocycles. The first-order valence-electron chi connectivity index (χ1n) is 5.74. The van der Waals surface area contributed by atoms with Crippen molar-refractivity contribution in [3.8, 4) is 0 Å². The number of nitrogens with one attached hydrogen (secondary N) is 2. The monoisotopic (exact) mass is 274 g/mol. The molecule has 1 aromatic rings. The number of hydrogen-bond donors (Lipinski definition) is 2. The van der Waals surface area contributed by atoms with Gasteiger partial charge in [-0.2, -0.15) is 0 Å². The summed E-state index contributed by atoms with van der Waals surface area (Å²) in [4.78, 5) is 11.8. The fourth-order valence-corrected chi connectivity index (χ4v) is 2.09. The molecule has 3 nitrogen and oxygen atoms in total. The second kappa shape index (κ2) is 5.63. The molecule has 0 saturated carbocycles. The third-order valence-corrected chi connectivity index (χ3v) is 3.18. The van der Waals surface area contributed by atoms with E-state index in [-0.39, 0.29) is 16.6 Å². The van der Waals surface area contributed by atoms with Gasteiger partial charge in [0.05, 0.1) is 10.6 Å². The van der Waals surface area contributed by atoms with E-state index >= 15 is 0 Å². The SMILES string of the molecule is O=C(N[C@@H]1CCCNC1)c1cc(F)c(Cl)cc1F. The van der Waals surface area contributed by atoms with Crippen molar-refractivity contribution < 1.29 is 13.6 Å². The quantitative estimate of drug-likeness (QED) is 0.811. The highest BCUT2D eigenvalue weighted by Gasteiger charge is 2.20. The topological polar surface area (TPSA) is 41.1 Å². The highest BCUT2D eigenvalue weighted by atomic mass is 35.5. The standard InChI is InChI=1S/C12H13ClF2N2O/c13-9-5-10(14)8(4-11(9)15)12(18)17-7-2-1-3-16-6-7/h4-5,7,16H,1-3,6H2,(H,17,18)/t7-/m1/s1. The molecule has 0 aliphatic carbocycles. The van der Waals surface area contributed by atoms with Crippen LogP contribution in [0.2, 0.25) is 5.02 Å². The Morgan fingerprint density at radius 2 is 2.17 bits per heavy atom. The Hall–Kier alpha value is -1.20. The molecule has 1 atom stereocenters. The number of rotatable bonds is 2. The van der Waals surface area contributed by atoms with E-state index in [9.17, 15) is 13.6 Å². The van der Waals surface area contributed by atoms with Crippen molar-refractivity contribution in [1.29, 1.82) is 0 Å². The highest BCUT2D eigenvalue weighted by Crippen LogP contribution is 2.19. The number of carbonyl (C=O) groups is 1. The minimum absolute atomic E-state index is 0.0515. The van der Waals surface area contributed by atoms with Gasteiger partial charge in [0.1, 0.15) is 11.6 Å². The lowest BCUT2D eigenvalue weighted by atomic mass is 10.1. The first-order valence-corrected chi connectivity index (χ1v) is 6.12. The molecule has 0 aromatic heterocycles. The van der Waals surface area contributed by atoms with E-state index in [0.717, 1.165) is 31.5 Å². The van der Waals surface area contributed by atoms with Crippen LogP contribution >= 0.6 is 11.6 Å². The Morgan fingerprint density at radius 1 is 1.39 bits per heavy atom. The Bertz CT molecular complexity index is 462. The normalized spacial score (nSPS) is 19.6. The number of halogens is 3. The Kier molecular flexibility index (Phi) is 4.14. The zero-order valence-corrected chi connectivity index (χ0v) is 10.4. The van der Waals surface area contributed by atoms with Crippen molar-refractivity contribution in [2.75, 3.05) is 13.1 Å². The Balaban J connectivity index is 2.10. The lowest BCUT2D eigenvalue weighted by Gasteiger charge is -2.23. The van der Waals surface area contributed by atoms with Crippen LogP contribution in [0.4, 0.5) is 8.78 Å². The van der Waals surface area contributed by atoms with Gasteiger partial charge < -0.3 is 10.6 Å². The summed E-state index contributed by atoms with van der Waals surface area (Å²) >= 11 is 5.43. The third kappa shape index (κ3) is 2.97. The molecule has 1 amide bonds. The molecule has 0 bridgehead atoms. The summed E-state index contributed by atoms with van der Waals surface area (Å²) in [6.07, 6.45) is 1.78. The fraction of sp³-hybridized carbons (Fsp3) is 0.417. The van der Waals surface area contributed by atoms with Crippen molar-refractivity contribution in [3.05, 3.63) is 34.4 Å². The van der Waals surface area contributed by atoms with Crippen LogP contribution in [-0.4, -0.2) is 25.0 Å². The van der Waals surface area contributed by atoms with E-state index in [0.29, 0.717) is 6.54 Å². The average Bonchev–Trinajstić information content (AvgIpc) is 2.35. The van der Waals surface area contributed by atoms with Gasteiger partial charge in [-0.3, -0.25) is 4.79 Å². The molecule has 18 heavy (non-hydrogen) atoms. The van der Waals surface area contributed by atoms with Gasteiger partial charge in [-0.1, -0.05) is 11.6 Å². The molecule has 1 fully saturated rings. The molecule has 2 rings (SSSR count). The maximum absolute atomic E-state index is 13.5. The molecule has 6 heteroatoms. The van der Waals surface area contributed by atoms with Crippen LogP contribution in [0.15, 0.2) is 12.1 Å². The number of amides is 1. The fourth-order valence-electron chi connectivity index (χ4n) is 1.93. The van der Waals surface area contributed by atoms with E-state index in [2.05, 4.69) is 10.6 Å². The second-order valence-electron chi connectivity index (χ2n) is 4.26. The van der Waals surface area contributed by atoms with E-state index in [1.807, 2.05) is 0 Å². The van der Waals surface area contributed by atoms with Gasteiger partial charge >= 0.3 is 0 Å². The average molecular weight is 275 g/mol. The number of piperidine rings is 1. The zero-order valence-electron chi connectivity index (χ0n) is 9.60. The number of hydrogen-bond acceptors (Lipinski definition) is 2. The van der Waals surface area contributed by atoms with Crippen molar-refractivity contribution >= 4 is 17.5 Å². The minimum atomic E-state index is -0.817. The van der Waals surface area contributed by atoms with Gasteiger partial charge in [-0.25, -0.2) is 8.78 Å². The van der Waals surface area contributed by atoms with E-state index < -0.39 is 17.5 Å². The van der Waals surface area contributed by atoms with Crippen molar-refractivity contribution in [2.24, 2.45) is 0 Å². The van der Waals surface area contributed by atoms with Crippen LogP contribution in [0.25, 0.3) is 0 Å². The van der Waals surface area contributed by atoms with Crippen molar-refractivity contribution in [2.45, 2.75) is 18.9 Å². The minimum Gasteiger partial charge on any atom is -0.348 e. The van der Waals surface area contributed by atoms with Crippen LogP contribution in [0, 0.1) is 11.6 Å². The van der Waals surface area contributed by atoms with Gasteiger partial charge in [-0.05, 0) is 31.5 Å². The molecule has 1 aliphatic rings.